The zero-order valence-corrected chi connectivity index (χ0v) is 12.6. The van der Waals surface area contributed by atoms with Crippen molar-refractivity contribution in [1.82, 2.24) is 4.72 Å². The molecule has 1 saturated carbocycles. The van der Waals surface area contributed by atoms with Crippen molar-refractivity contribution in [3.05, 3.63) is 34.6 Å². The van der Waals surface area contributed by atoms with Gasteiger partial charge in [0.05, 0.1) is 11.7 Å². The molecule has 0 spiro atoms. The van der Waals surface area contributed by atoms with Crippen molar-refractivity contribution < 1.29 is 22.7 Å². The Hall–Kier alpha value is -1.18. The number of carbonyl (C=O) groups is 1. The Balaban J connectivity index is 2.14. The van der Waals surface area contributed by atoms with Gasteiger partial charge >= 0.3 is 5.97 Å². The molecule has 2 N–H and O–H groups in total. The van der Waals surface area contributed by atoms with E-state index in [4.69, 9.17) is 16.7 Å². The fraction of sp³-hybridized carbons (Fsp3) is 0.462. The number of aliphatic carboxylic acids is 1. The molecule has 0 aromatic heterocycles. The number of halogens is 2. The van der Waals surface area contributed by atoms with Gasteiger partial charge in [0.15, 0.2) is 0 Å². The van der Waals surface area contributed by atoms with Gasteiger partial charge in [-0.25, -0.2) is 17.5 Å². The summed E-state index contributed by atoms with van der Waals surface area (Å²) in [5.41, 5.74) is -0.114. The Kier molecular flexibility index (Phi) is 4.85. The summed E-state index contributed by atoms with van der Waals surface area (Å²) in [6.07, 6.45) is 1.54. The first-order chi connectivity index (χ1) is 9.80. The summed E-state index contributed by atoms with van der Waals surface area (Å²) < 4.78 is 40.2. The van der Waals surface area contributed by atoms with E-state index in [1.54, 1.807) is 0 Å². The molecular weight excluding hydrogens is 321 g/mol. The Morgan fingerprint density at radius 3 is 2.76 bits per heavy atom. The number of benzene rings is 1. The number of sulfonamides is 1. The molecular formula is C13H15ClFNO4S. The maximum absolute atomic E-state index is 13.6. The highest BCUT2D eigenvalue weighted by Crippen LogP contribution is 2.27. The molecule has 21 heavy (non-hydrogen) atoms. The van der Waals surface area contributed by atoms with Gasteiger partial charge < -0.3 is 5.11 Å². The van der Waals surface area contributed by atoms with Crippen molar-refractivity contribution in [3.8, 4) is 0 Å². The van der Waals surface area contributed by atoms with E-state index in [2.05, 4.69) is 4.72 Å². The molecule has 5 nitrogen and oxygen atoms in total. The van der Waals surface area contributed by atoms with Crippen LogP contribution in [0.15, 0.2) is 18.2 Å². The van der Waals surface area contributed by atoms with Crippen LogP contribution in [0.3, 0.4) is 0 Å². The maximum atomic E-state index is 13.6. The molecule has 0 unspecified atom stereocenters. The van der Waals surface area contributed by atoms with Crippen molar-refractivity contribution in [1.29, 1.82) is 0 Å². The van der Waals surface area contributed by atoms with Crippen molar-refractivity contribution in [2.75, 3.05) is 0 Å². The third-order valence-corrected chi connectivity index (χ3v) is 5.24. The highest BCUT2D eigenvalue weighted by molar-refractivity contribution is 7.88. The molecule has 1 aromatic rings. The molecule has 1 aliphatic carbocycles. The van der Waals surface area contributed by atoms with Crippen LogP contribution in [-0.2, 0) is 20.6 Å². The summed E-state index contributed by atoms with van der Waals surface area (Å²) in [6, 6.07) is 3.27. The van der Waals surface area contributed by atoms with Crippen LogP contribution >= 0.6 is 11.6 Å². The number of carboxylic acids is 1. The topological polar surface area (TPSA) is 83.5 Å². The minimum Gasteiger partial charge on any atom is -0.481 e. The minimum absolute atomic E-state index is 0.0292. The van der Waals surface area contributed by atoms with Gasteiger partial charge in [0.25, 0.3) is 0 Å². The zero-order chi connectivity index (χ0) is 15.6. The molecule has 1 aromatic carbocycles. The number of carboxylic acid groups (broad SMARTS) is 1. The maximum Gasteiger partial charge on any atom is 0.308 e. The molecule has 0 amide bonds. The Labute approximate surface area is 127 Å². The molecule has 2 atom stereocenters. The number of hydrogen-bond acceptors (Lipinski definition) is 3. The predicted octanol–water partition coefficient (Wildman–Crippen LogP) is 2.15. The standard InChI is InChI=1S/C13H15ClFNO4S/c14-10-4-2-5-11(15)9(10)7-21(19,20)16-12-6-1-3-8(12)13(17)18/h2,4-5,8,12,16H,1,3,6-7H2,(H,17,18)/t8-,12+/m1/s1. The summed E-state index contributed by atoms with van der Waals surface area (Å²) in [5, 5.41) is 9.07. The Bertz CT molecular complexity index is 629. The largest absolute Gasteiger partial charge is 0.481 e. The van der Waals surface area contributed by atoms with Gasteiger partial charge in [0, 0.05) is 16.6 Å². The number of rotatable bonds is 5. The lowest BCUT2D eigenvalue weighted by Gasteiger charge is -2.18. The van der Waals surface area contributed by atoms with E-state index in [-0.39, 0.29) is 10.6 Å². The molecule has 2 rings (SSSR count). The highest BCUT2D eigenvalue weighted by atomic mass is 35.5. The van der Waals surface area contributed by atoms with Crippen LogP contribution in [0.5, 0.6) is 0 Å². The van der Waals surface area contributed by atoms with Crippen LogP contribution in [0.4, 0.5) is 4.39 Å². The molecule has 0 heterocycles. The Morgan fingerprint density at radius 1 is 1.43 bits per heavy atom. The van der Waals surface area contributed by atoms with Gasteiger partial charge in [-0.3, -0.25) is 4.79 Å². The predicted molar refractivity (Wildman–Crippen MR) is 75.9 cm³/mol. The summed E-state index contributed by atoms with van der Waals surface area (Å²) in [6.45, 7) is 0. The molecule has 1 fully saturated rings. The van der Waals surface area contributed by atoms with E-state index in [1.807, 2.05) is 0 Å². The molecule has 0 bridgehead atoms. The van der Waals surface area contributed by atoms with Crippen molar-refractivity contribution >= 4 is 27.6 Å². The first-order valence-corrected chi connectivity index (χ1v) is 8.49. The lowest BCUT2D eigenvalue weighted by Crippen LogP contribution is -2.40. The summed E-state index contributed by atoms with van der Waals surface area (Å²) in [5.74, 6) is -3.07. The smallest absolute Gasteiger partial charge is 0.308 e. The zero-order valence-electron chi connectivity index (χ0n) is 11.1. The van der Waals surface area contributed by atoms with E-state index < -0.39 is 39.5 Å². The fourth-order valence-electron chi connectivity index (χ4n) is 2.53. The molecule has 0 aliphatic heterocycles. The van der Waals surface area contributed by atoms with Gasteiger partial charge in [-0.1, -0.05) is 24.1 Å². The normalized spacial score (nSPS) is 22.4. The lowest BCUT2D eigenvalue weighted by atomic mass is 10.1. The third kappa shape index (κ3) is 3.93. The number of hydrogen-bond donors (Lipinski definition) is 2. The quantitative estimate of drug-likeness (QED) is 0.863. The van der Waals surface area contributed by atoms with Gasteiger partial charge in [-0.05, 0) is 25.0 Å². The van der Waals surface area contributed by atoms with Crippen LogP contribution in [0, 0.1) is 11.7 Å². The molecule has 8 heteroatoms. The summed E-state index contributed by atoms with van der Waals surface area (Å²) >= 11 is 5.81. The van der Waals surface area contributed by atoms with Crippen LogP contribution in [0.1, 0.15) is 24.8 Å². The van der Waals surface area contributed by atoms with E-state index in [1.165, 1.54) is 12.1 Å². The van der Waals surface area contributed by atoms with Crippen LogP contribution in [0.25, 0.3) is 0 Å². The molecule has 0 radical (unpaired) electrons. The minimum atomic E-state index is -3.87. The SMILES string of the molecule is O=C(O)[C@@H]1CCC[C@@H]1NS(=O)(=O)Cc1c(F)cccc1Cl. The van der Waals surface area contributed by atoms with Crippen LogP contribution in [-0.4, -0.2) is 25.5 Å². The highest BCUT2D eigenvalue weighted by Gasteiger charge is 2.35. The van der Waals surface area contributed by atoms with Crippen molar-refractivity contribution in [2.45, 2.75) is 31.1 Å². The second kappa shape index (κ2) is 6.29. The third-order valence-electron chi connectivity index (χ3n) is 3.56. The van der Waals surface area contributed by atoms with Gasteiger partial charge in [-0.2, -0.15) is 0 Å². The first kappa shape index (κ1) is 16.2. The summed E-state index contributed by atoms with van der Waals surface area (Å²) in [7, 11) is -3.87. The van der Waals surface area contributed by atoms with Gasteiger partial charge in [-0.15, -0.1) is 0 Å². The van der Waals surface area contributed by atoms with Crippen LogP contribution < -0.4 is 4.72 Å². The second-order valence-corrected chi connectivity index (χ2v) is 7.22. The van der Waals surface area contributed by atoms with Gasteiger partial charge in [0.1, 0.15) is 5.82 Å². The molecule has 0 saturated heterocycles. The van der Waals surface area contributed by atoms with E-state index in [0.717, 1.165) is 6.07 Å². The fourth-order valence-corrected chi connectivity index (χ4v) is 4.34. The van der Waals surface area contributed by atoms with Crippen molar-refractivity contribution in [3.63, 3.8) is 0 Å². The second-order valence-electron chi connectivity index (χ2n) is 5.06. The molecule has 116 valence electrons. The van der Waals surface area contributed by atoms with E-state index in [9.17, 15) is 17.6 Å². The van der Waals surface area contributed by atoms with E-state index >= 15 is 0 Å². The summed E-state index contributed by atoms with van der Waals surface area (Å²) in [4.78, 5) is 11.0. The average molecular weight is 336 g/mol. The Morgan fingerprint density at radius 2 is 2.14 bits per heavy atom. The lowest BCUT2D eigenvalue weighted by molar-refractivity contribution is -0.141. The van der Waals surface area contributed by atoms with Crippen LogP contribution in [0.2, 0.25) is 5.02 Å². The van der Waals surface area contributed by atoms with Crippen molar-refractivity contribution in [2.24, 2.45) is 5.92 Å². The van der Waals surface area contributed by atoms with Gasteiger partial charge in [0.2, 0.25) is 10.0 Å². The average Bonchev–Trinajstić information content (AvgIpc) is 2.81. The van der Waals surface area contributed by atoms with E-state index in [0.29, 0.717) is 19.3 Å². The monoisotopic (exact) mass is 335 g/mol. The molecule has 1 aliphatic rings. The first-order valence-electron chi connectivity index (χ1n) is 6.46. The number of nitrogens with one attached hydrogen (secondary N) is 1.